The van der Waals surface area contributed by atoms with E-state index in [0.29, 0.717) is 11.8 Å². The van der Waals surface area contributed by atoms with Gasteiger partial charge in [0.05, 0.1) is 0 Å². The topological polar surface area (TPSA) is 0 Å². The van der Waals surface area contributed by atoms with Gasteiger partial charge in [-0.05, 0) is 0 Å². The Morgan fingerprint density at radius 1 is 0.667 bits per heavy atom. The molecule has 2 unspecified atom stereocenters. The van der Waals surface area contributed by atoms with Crippen molar-refractivity contribution in [3.8, 4) is 0 Å². The summed E-state index contributed by atoms with van der Waals surface area (Å²) in [5.74, 6) is 1.12. The predicted octanol–water partition coefficient (Wildman–Crippen LogP) is 0.940. The molecular formula is C27H30Cl2Ti-2. The summed E-state index contributed by atoms with van der Waals surface area (Å²) in [7, 11) is 0. The SMILES string of the molecule is CC.CC1[C-]=CC=C1.CC1[C-]=CC=C1.[Cl-].[Cl-].[Ti+2]=[C](c1ccccc1)c1ccccc1. The standard InChI is InChI=1S/C13H10.2C6H7.C2H6.2ClH.Ti/c1-3-7-12(8-4-1)11-13-9-5-2-6-10-13;2*1-6-4-2-3-5-6;1-2;;;/h1-10H;2*2-4,6H,1H3;1-2H3;2*1H;/q;2*-1;;;;+2/p-2. The van der Waals surface area contributed by atoms with Gasteiger partial charge in [-0.1, -0.05) is 39.5 Å². The molecule has 2 aliphatic carbocycles. The van der Waals surface area contributed by atoms with Gasteiger partial charge in [-0.25, -0.2) is 24.3 Å². The Bertz CT molecular complexity index is 699. The van der Waals surface area contributed by atoms with Crippen LogP contribution in [0.2, 0.25) is 0 Å². The molecule has 0 aromatic heterocycles. The van der Waals surface area contributed by atoms with E-state index in [0.717, 1.165) is 0 Å². The van der Waals surface area contributed by atoms with Gasteiger partial charge in [-0.3, -0.25) is 12.2 Å². The molecule has 0 nitrogen and oxygen atoms in total. The van der Waals surface area contributed by atoms with E-state index in [4.69, 9.17) is 0 Å². The fourth-order valence-electron chi connectivity index (χ4n) is 2.35. The van der Waals surface area contributed by atoms with Crippen LogP contribution in [0, 0.1) is 24.0 Å². The molecule has 0 saturated heterocycles. The third kappa shape index (κ3) is 13.0. The zero-order valence-electron chi connectivity index (χ0n) is 18.1. The summed E-state index contributed by atoms with van der Waals surface area (Å²) in [4.78, 5) is 0. The summed E-state index contributed by atoms with van der Waals surface area (Å²) in [5.41, 5.74) is 2.58. The summed E-state index contributed by atoms with van der Waals surface area (Å²) >= 11 is 2.16. The fourth-order valence-corrected chi connectivity index (χ4v) is 2.87. The molecule has 0 aliphatic heterocycles. The molecular weight excluding hydrogens is 443 g/mol. The van der Waals surface area contributed by atoms with Gasteiger partial charge >= 0.3 is 95.6 Å². The van der Waals surface area contributed by atoms with Crippen molar-refractivity contribution in [3.63, 3.8) is 0 Å². The summed E-state index contributed by atoms with van der Waals surface area (Å²) in [6, 6.07) is 20.9. The van der Waals surface area contributed by atoms with Crippen LogP contribution < -0.4 is 24.8 Å². The first-order valence-corrected chi connectivity index (χ1v) is 10.7. The Kier molecular flexibility index (Phi) is 20.0. The van der Waals surface area contributed by atoms with Crippen LogP contribution in [0.3, 0.4) is 0 Å². The quantitative estimate of drug-likeness (QED) is 0.450. The van der Waals surface area contributed by atoms with Gasteiger partial charge in [0.2, 0.25) is 0 Å². The van der Waals surface area contributed by atoms with Crippen molar-refractivity contribution in [2.75, 3.05) is 0 Å². The maximum absolute atomic E-state index is 3.08. The van der Waals surface area contributed by atoms with Crippen molar-refractivity contribution >= 4 is 3.81 Å². The number of rotatable bonds is 2. The normalized spacial score (nSPS) is 16.5. The minimum absolute atomic E-state index is 0. The Morgan fingerprint density at radius 3 is 1.20 bits per heavy atom. The Morgan fingerprint density at radius 2 is 1.00 bits per heavy atom. The summed E-state index contributed by atoms with van der Waals surface area (Å²) in [6.45, 7) is 8.22. The minimum atomic E-state index is 0. The van der Waals surface area contributed by atoms with Gasteiger partial charge in [0.1, 0.15) is 0 Å². The summed E-state index contributed by atoms with van der Waals surface area (Å²) in [5, 5.41) is 0. The number of hydrogen-bond donors (Lipinski definition) is 0. The van der Waals surface area contributed by atoms with Crippen LogP contribution >= 0.6 is 0 Å². The molecule has 4 rings (SSSR count). The van der Waals surface area contributed by atoms with Gasteiger partial charge < -0.3 is 24.8 Å². The second-order valence-corrected chi connectivity index (χ2v) is 6.90. The van der Waals surface area contributed by atoms with Crippen molar-refractivity contribution in [2.24, 2.45) is 11.8 Å². The molecule has 0 heterocycles. The molecule has 2 aromatic carbocycles. The van der Waals surface area contributed by atoms with Gasteiger partial charge in [0.25, 0.3) is 0 Å². The molecule has 0 radical (unpaired) electrons. The van der Waals surface area contributed by atoms with E-state index in [-0.39, 0.29) is 24.8 Å². The molecule has 0 N–H and O–H groups in total. The summed E-state index contributed by atoms with van der Waals surface area (Å²) in [6.07, 6.45) is 18.3. The average Bonchev–Trinajstić information content (AvgIpc) is 3.44. The van der Waals surface area contributed by atoms with E-state index in [2.05, 4.69) is 107 Å². The van der Waals surface area contributed by atoms with Crippen LogP contribution in [0.25, 0.3) is 0 Å². The second-order valence-electron chi connectivity index (χ2n) is 6.12. The molecule has 0 bridgehead atoms. The molecule has 2 atom stereocenters. The number of hydrogen-bond acceptors (Lipinski definition) is 0. The molecule has 2 aromatic rings. The monoisotopic (exact) mass is 472 g/mol. The van der Waals surface area contributed by atoms with Crippen molar-refractivity contribution in [1.29, 1.82) is 0 Å². The Labute approximate surface area is 207 Å². The number of allylic oxidation sites excluding steroid dienone is 8. The Balaban J connectivity index is 0. The summed E-state index contributed by atoms with van der Waals surface area (Å²) < 4.78 is 1.33. The molecule has 158 valence electrons. The van der Waals surface area contributed by atoms with Gasteiger partial charge in [0, 0.05) is 0 Å². The zero-order valence-corrected chi connectivity index (χ0v) is 21.2. The van der Waals surface area contributed by atoms with E-state index >= 15 is 0 Å². The molecule has 30 heavy (non-hydrogen) atoms. The molecule has 0 saturated carbocycles. The third-order valence-corrected chi connectivity index (χ3v) is 4.74. The van der Waals surface area contributed by atoms with Crippen LogP contribution in [-0.2, 0) is 20.0 Å². The Hall–Kier alpha value is -1.44. The molecule has 2 aliphatic rings. The van der Waals surface area contributed by atoms with E-state index in [1.54, 1.807) is 0 Å². The van der Waals surface area contributed by atoms with Gasteiger partial charge in [0.15, 0.2) is 0 Å². The van der Waals surface area contributed by atoms with Crippen molar-refractivity contribution in [2.45, 2.75) is 27.7 Å². The van der Waals surface area contributed by atoms with Crippen LogP contribution in [0.4, 0.5) is 0 Å². The van der Waals surface area contributed by atoms with Crippen molar-refractivity contribution < 1.29 is 44.8 Å². The zero-order chi connectivity index (χ0) is 20.6. The average molecular weight is 473 g/mol. The van der Waals surface area contributed by atoms with Crippen LogP contribution in [0.5, 0.6) is 0 Å². The van der Waals surface area contributed by atoms with Crippen molar-refractivity contribution in [3.05, 3.63) is 120 Å². The van der Waals surface area contributed by atoms with Gasteiger partial charge in [-0.15, -0.1) is 0 Å². The van der Waals surface area contributed by atoms with Crippen LogP contribution in [0.1, 0.15) is 38.8 Å². The number of benzene rings is 2. The first kappa shape index (κ1) is 30.8. The molecule has 0 fully saturated rings. The van der Waals surface area contributed by atoms with E-state index in [1.165, 1.54) is 14.9 Å². The fraction of sp³-hybridized carbons (Fsp3) is 0.222. The van der Waals surface area contributed by atoms with Crippen LogP contribution in [0.15, 0.2) is 97.1 Å². The van der Waals surface area contributed by atoms with E-state index in [9.17, 15) is 0 Å². The second kappa shape index (κ2) is 19.5. The van der Waals surface area contributed by atoms with E-state index < -0.39 is 0 Å². The molecule has 0 amide bonds. The predicted molar refractivity (Wildman–Crippen MR) is 120 cm³/mol. The van der Waals surface area contributed by atoms with Gasteiger partial charge in [-0.2, -0.15) is 12.2 Å². The van der Waals surface area contributed by atoms with E-state index in [1.807, 2.05) is 50.3 Å². The molecule has 0 spiro atoms. The first-order chi connectivity index (χ1) is 13.7. The third-order valence-electron chi connectivity index (χ3n) is 3.84. The van der Waals surface area contributed by atoms with Crippen LogP contribution in [-0.4, -0.2) is 3.81 Å². The first-order valence-electron chi connectivity index (χ1n) is 9.88. The maximum atomic E-state index is 3.08. The molecule has 3 heteroatoms. The van der Waals surface area contributed by atoms with Crippen molar-refractivity contribution in [1.82, 2.24) is 0 Å². The number of halogens is 2.